The first-order valence-corrected chi connectivity index (χ1v) is 5.29. The standard InChI is InChI=1S/C13H17NO/c1-4-10-12-7-15-6-9(12)5-11(8(2)3)13(10)14/h4-5,8H,1,6-7,14H2,2-3H3. The van der Waals surface area contributed by atoms with Crippen molar-refractivity contribution in [2.75, 3.05) is 5.73 Å². The van der Waals surface area contributed by atoms with E-state index in [1.54, 1.807) is 0 Å². The van der Waals surface area contributed by atoms with Gasteiger partial charge in [-0.1, -0.05) is 32.6 Å². The predicted octanol–water partition coefficient (Wildman–Crippen LogP) is 3.07. The second kappa shape index (κ2) is 3.70. The van der Waals surface area contributed by atoms with Crippen LogP contribution in [-0.2, 0) is 18.0 Å². The van der Waals surface area contributed by atoms with Gasteiger partial charge >= 0.3 is 0 Å². The molecule has 1 aromatic carbocycles. The minimum atomic E-state index is 0.439. The highest BCUT2D eigenvalue weighted by atomic mass is 16.5. The Bertz CT molecular complexity index is 407. The lowest BCUT2D eigenvalue weighted by atomic mass is 9.92. The zero-order valence-corrected chi connectivity index (χ0v) is 9.34. The van der Waals surface area contributed by atoms with E-state index in [1.165, 1.54) is 16.7 Å². The Kier molecular flexibility index (Phi) is 2.53. The molecule has 2 nitrogen and oxygen atoms in total. The minimum Gasteiger partial charge on any atom is -0.398 e. The second-order valence-electron chi connectivity index (χ2n) is 4.28. The second-order valence-corrected chi connectivity index (χ2v) is 4.28. The molecule has 0 amide bonds. The monoisotopic (exact) mass is 203 g/mol. The predicted molar refractivity (Wildman–Crippen MR) is 63.5 cm³/mol. The first-order valence-electron chi connectivity index (χ1n) is 5.29. The van der Waals surface area contributed by atoms with Gasteiger partial charge in [0, 0.05) is 11.3 Å². The molecule has 1 aromatic rings. The number of ether oxygens (including phenoxy) is 1. The highest BCUT2D eigenvalue weighted by Crippen LogP contribution is 2.34. The van der Waals surface area contributed by atoms with Crippen molar-refractivity contribution in [1.29, 1.82) is 0 Å². The lowest BCUT2D eigenvalue weighted by Crippen LogP contribution is -2.03. The Morgan fingerprint density at radius 3 is 2.80 bits per heavy atom. The van der Waals surface area contributed by atoms with Gasteiger partial charge in [0.05, 0.1) is 13.2 Å². The van der Waals surface area contributed by atoms with Crippen LogP contribution in [0.1, 0.15) is 42.0 Å². The summed E-state index contributed by atoms with van der Waals surface area (Å²) in [5.74, 6) is 0.439. The molecule has 1 heterocycles. The maximum atomic E-state index is 6.14. The normalized spacial score (nSPS) is 14.3. The van der Waals surface area contributed by atoms with Crippen LogP contribution in [0.3, 0.4) is 0 Å². The largest absolute Gasteiger partial charge is 0.398 e. The van der Waals surface area contributed by atoms with Crippen LogP contribution in [0.25, 0.3) is 6.08 Å². The van der Waals surface area contributed by atoms with E-state index in [2.05, 4.69) is 26.5 Å². The number of nitrogens with two attached hydrogens (primary N) is 1. The molecule has 0 bridgehead atoms. The zero-order valence-electron chi connectivity index (χ0n) is 9.34. The Morgan fingerprint density at radius 1 is 1.47 bits per heavy atom. The van der Waals surface area contributed by atoms with Crippen molar-refractivity contribution in [2.45, 2.75) is 33.0 Å². The molecule has 0 aromatic heterocycles. The molecule has 0 unspecified atom stereocenters. The molecule has 1 aliphatic heterocycles. The first-order chi connectivity index (χ1) is 7.15. The van der Waals surface area contributed by atoms with Gasteiger partial charge in [0.2, 0.25) is 0 Å². The van der Waals surface area contributed by atoms with E-state index in [0.717, 1.165) is 11.3 Å². The van der Waals surface area contributed by atoms with Gasteiger partial charge in [-0.15, -0.1) is 0 Å². The van der Waals surface area contributed by atoms with Gasteiger partial charge in [0.1, 0.15) is 0 Å². The number of benzene rings is 1. The van der Waals surface area contributed by atoms with Crippen LogP contribution in [-0.4, -0.2) is 0 Å². The van der Waals surface area contributed by atoms with Crippen molar-refractivity contribution in [1.82, 2.24) is 0 Å². The van der Waals surface area contributed by atoms with E-state index < -0.39 is 0 Å². The summed E-state index contributed by atoms with van der Waals surface area (Å²) in [6, 6.07) is 2.18. The third-order valence-corrected chi connectivity index (χ3v) is 2.97. The third kappa shape index (κ3) is 1.55. The summed E-state index contributed by atoms with van der Waals surface area (Å²) in [6.07, 6.45) is 1.84. The summed E-state index contributed by atoms with van der Waals surface area (Å²) < 4.78 is 5.44. The van der Waals surface area contributed by atoms with Crippen LogP contribution in [0.4, 0.5) is 5.69 Å². The molecule has 0 spiro atoms. The SMILES string of the molecule is C=Cc1c(N)c(C(C)C)cc2c1COC2. The summed E-state index contributed by atoms with van der Waals surface area (Å²) in [5.41, 5.74) is 11.8. The molecule has 2 N–H and O–H groups in total. The van der Waals surface area contributed by atoms with Crippen LogP contribution >= 0.6 is 0 Å². The van der Waals surface area contributed by atoms with E-state index in [4.69, 9.17) is 10.5 Å². The summed E-state index contributed by atoms with van der Waals surface area (Å²) >= 11 is 0. The fourth-order valence-corrected chi connectivity index (χ4v) is 2.12. The Hall–Kier alpha value is -1.28. The average Bonchev–Trinajstić information content (AvgIpc) is 2.64. The molecule has 0 fully saturated rings. The summed E-state index contributed by atoms with van der Waals surface area (Å²) in [7, 11) is 0. The van der Waals surface area contributed by atoms with E-state index in [-0.39, 0.29) is 0 Å². The molecule has 2 rings (SSSR count). The number of nitrogen functional groups attached to an aromatic ring is 1. The number of rotatable bonds is 2. The molecule has 0 aliphatic carbocycles. The Morgan fingerprint density at radius 2 is 2.20 bits per heavy atom. The third-order valence-electron chi connectivity index (χ3n) is 2.97. The van der Waals surface area contributed by atoms with E-state index >= 15 is 0 Å². The van der Waals surface area contributed by atoms with Crippen molar-refractivity contribution >= 4 is 11.8 Å². The molecule has 15 heavy (non-hydrogen) atoms. The number of fused-ring (bicyclic) bond motifs is 1. The summed E-state index contributed by atoms with van der Waals surface area (Å²) in [6.45, 7) is 9.51. The number of hydrogen-bond acceptors (Lipinski definition) is 2. The van der Waals surface area contributed by atoms with Gasteiger partial charge in [-0.05, 0) is 22.6 Å². The van der Waals surface area contributed by atoms with Gasteiger partial charge in [0.15, 0.2) is 0 Å². The molecule has 2 heteroatoms. The van der Waals surface area contributed by atoms with Gasteiger partial charge in [-0.2, -0.15) is 0 Å². The van der Waals surface area contributed by atoms with Crippen molar-refractivity contribution in [2.24, 2.45) is 0 Å². The molecule has 0 saturated heterocycles. The van der Waals surface area contributed by atoms with Crippen LogP contribution in [0, 0.1) is 0 Å². The first kappa shape index (κ1) is 10.2. The smallest absolute Gasteiger partial charge is 0.0731 e. The lowest BCUT2D eigenvalue weighted by Gasteiger charge is -2.15. The van der Waals surface area contributed by atoms with Crippen LogP contribution < -0.4 is 5.73 Å². The zero-order chi connectivity index (χ0) is 11.0. The molecular weight excluding hydrogens is 186 g/mol. The molecule has 0 radical (unpaired) electrons. The van der Waals surface area contributed by atoms with Crippen molar-refractivity contribution in [3.63, 3.8) is 0 Å². The van der Waals surface area contributed by atoms with E-state index in [9.17, 15) is 0 Å². The van der Waals surface area contributed by atoms with Gasteiger partial charge < -0.3 is 10.5 Å². The average molecular weight is 203 g/mol. The highest BCUT2D eigenvalue weighted by molar-refractivity contribution is 5.72. The topological polar surface area (TPSA) is 35.2 Å². The number of hydrogen-bond donors (Lipinski definition) is 1. The van der Waals surface area contributed by atoms with E-state index in [1.807, 2.05) is 6.08 Å². The maximum Gasteiger partial charge on any atom is 0.0731 e. The van der Waals surface area contributed by atoms with Crippen LogP contribution in [0.5, 0.6) is 0 Å². The van der Waals surface area contributed by atoms with Gasteiger partial charge in [-0.3, -0.25) is 0 Å². The summed E-state index contributed by atoms with van der Waals surface area (Å²) in [5, 5.41) is 0. The highest BCUT2D eigenvalue weighted by Gasteiger charge is 2.19. The van der Waals surface area contributed by atoms with Gasteiger partial charge in [0.25, 0.3) is 0 Å². The molecule has 0 saturated carbocycles. The Labute approximate surface area is 90.7 Å². The maximum absolute atomic E-state index is 6.14. The Balaban J connectivity index is 2.67. The van der Waals surface area contributed by atoms with Crippen molar-refractivity contribution in [3.8, 4) is 0 Å². The van der Waals surface area contributed by atoms with Crippen molar-refractivity contribution in [3.05, 3.63) is 34.9 Å². The van der Waals surface area contributed by atoms with Crippen LogP contribution in [0.15, 0.2) is 12.6 Å². The molecule has 0 atom stereocenters. The van der Waals surface area contributed by atoms with Crippen LogP contribution in [0.2, 0.25) is 0 Å². The fraction of sp³-hybridized carbons (Fsp3) is 0.385. The minimum absolute atomic E-state index is 0.439. The van der Waals surface area contributed by atoms with E-state index in [0.29, 0.717) is 19.1 Å². The molecule has 80 valence electrons. The van der Waals surface area contributed by atoms with Gasteiger partial charge in [-0.25, -0.2) is 0 Å². The fourth-order valence-electron chi connectivity index (χ4n) is 2.12. The lowest BCUT2D eigenvalue weighted by molar-refractivity contribution is 0.134. The quantitative estimate of drug-likeness (QED) is 0.750. The van der Waals surface area contributed by atoms with Crippen molar-refractivity contribution < 1.29 is 4.74 Å². The number of anilines is 1. The molecule has 1 aliphatic rings. The molecular formula is C13H17NO. The summed E-state index contributed by atoms with van der Waals surface area (Å²) in [4.78, 5) is 0.